The molecule has 2 aliphatic heterocycles. The van der Waals surface area contributed by atoms with Crippen molar-refractivity contribution in [1.29, 1.82) is 0 Å². The summed E-state index contributed by atoms with van der Waals surface area (Å²) in [6.45, 7) is 10.9. The molecule has 0 spiro atoms. The van der Waals surface area contributed by atoms with Gasteiger partial charge in [0.15, 0.2) is 5.82 Å². The number of hydrogen-bond acceptors (Lipinski definition) is 10. The molecule has 0 saturated carbocycles. The Hall–Kier alpha value is -2.14. The van der Waals surface area contributed by atoms with Gasteiger partial charge in [-0.05, 0) is 26.3 Å². The molecular weight excluding hydrogens is 416 g/mol. The summed E-state index contributed by atoms with van der Waals surface area (Å²) in [6.07, 6.45) is 0.856. The number of aryl methyl sites for hydroxylation is 3. The average Bonchev–Trinajstić information content (AvgIpc) is 3.46. The predicted molar refractivity (Wildman–Crippen MR) is 118 cm³/mol. The van der Waals surface area contributed by atoms with Gasteiger partial charge >= 0.3 is 0 Å². The average molecular weight is 445 g/mol. The van der Waals surface area contributed by atoms with Gasteiger partial charge < -0.3 is 18.9 Å². The Kier molecular flexibility index (Phi) is 5.63. The van der Waals surface area contributed by atoms with Gasteiger partial charge in [-0.25, -0.2) is 9.97 Å². The third kappa shape index (κ3) is 3.93. The van der Waals surface area contributed by atoms with Gasteiger partial charge in [-0.1, -0.05) is 5.16 Å². The van der Waals surface area contributed by atoms with Gasteiger partial charge in [-0.2, -0.15) is 4.98 Å². The van der Waals surface area contributed by atoms with Gasteiger partial charge in [0.2, 0.25) is 5.89 Å². The molecule has 0 aliphatic carbocycles. The Morgan fingerprint density at radius 1 is 1.13 bits per heavy atom. The van der Waals surface area contributed by atoms with Crippen molar-refractivity contribution in [3.63, 3.8) is 0 Å². The lowest BCUT2D eigenvalue weighted by Crippen LogP contribution is -2.36. The number of thiophene rings is 1. The van der Waals surface area contributed by atoms with E-state index in [1.807, 2.05) is 6.92 Å². The second kappa shape index (κ2) is 8.42. The van der Waals surface area contributed by atoms with Crippen LogP contribution < -0.4 is 4.90 Å². The fourth-order valence-electron chi connectivity index (χ4n) is 4.39. The fourth-order valence-corrected chi connectivity index (χ4v) is 5.44. The molecule has 9 nitrogen and oxygen atoms in total. The molecule has 2 saturated heterocycles. The Labute approximate surface area is 185 Å². The smallest absolute Gasteiger partial charge is 0.249 e. The lowest BCUT2D eigenvalue weighted by atomic mass is 10.1. The molecule has 0 aromatic carbocycles. The number of methoxy groups -OCH3 is 1. The van der Waals surface area contributed by atoms with Crippen molar-refractivity contribution in [2.75, 3.05) is 44.9 Å². The van der Waals surface area contributed by atoms with E-state index in [0.29, 0.717) is 18.3 Å². The minimum atomic E-state index is -0.0694. The normalized spacial score (nSPS) is 22.6. The van der Waals surface area contributed by atoms with Crippen LogP contribution in [-0.4, -0.2) is 71.1 Å². The van der Waals surface area contributed by atoms with Crippen LogP contribution in [0.1, 0.15) is 40.4 Å². The number of anilines is 1. The fraction of sp³-hybridized carbons (Fsp3) is 0.619. The molecule has 31 heavy (non-hydrogen) atoms. The highest BCUT2D eigenvalue weighted by Gasteiger charge is 2.39. The first-order chi connectivity index (χ1) is 15.0. The SMILES string of the molecule is COC1CC(c2nc(C)no2)N(c2nc(CN3CCOCC3)nc3sc(C)c(C)c23)C1. The molecule has 3 aromatic rings. The van der Waals surface area contributed by atoms with Crippen LogP contribution in [0.3, 0.4) is 0 Å². The molecule has 10 heteroatoms. The Bertz CT molecular complexity index is 1080. The molecule has 2 fully saturated rings. The van der Waals surface area contributed by atoms with Crippen LogP contribution in [0.2, 0.25) is 0 Å². The summed E-state index contributed by atoms with van der Waals surface area (Å²) in [5.74, 6) is 3.03. The topological polar surface area (TPSA) is 89.6 Å². The van der Waals surface area contributed by atoms with E-state index in [1.165, 1.54) is 10.4 Å². The minimum Gasteiger partial charge on any atom is -0.380 e. The Balaban J connectivity index is 1.59. The van der Waals surface area contributed by atoms with Crippen LogP contribution in [0.4, 0.5) is 5.82 Å². The van der Waals surface area contributed by atoms with Gasteiger partial charge in [0.05, 0.1) is 31.2 Å². The lowest BCUT2D eigenvalue weighted by Gasteiger charge is -2.27. The van der Waals surface area contributed by atoms with Crippen LogP contribution in [-0.2, 0) is 16.0 Å². The molecule has 5 heterocycles. The molecule has 2 atom stereocenters. The molecule has 0 amide bonds. The van der Waals surface area contributed by atoms with Crippen LogP contribution >= 0.6 is 11.3 Å². The van der Waals surface area contributed by atoms with E-state index in [0.717, 1.165) is 61.1 Å². The zero-order chi connectivity index (χ0) is 21.5. The molecule has 3 aromatic heterocycles. The van der Waals surface area contributed by atoms with Crippen LogP contribution in [0.25, 0.3) is 10.2 Å². The number of rotatable bonds is 5. The van der Waals surface area contributed by atoms with E-state index in [-0.39, 0.29) is 12.1 Å². The van der Waals surface area contributed by atoms with Crippen molar-refractivity contribution in [3.8, 4) is 0 Å². The van der Waals surface area contributed by atoms with Crippen molar-refractivity contribution >= 4 is 27.4 Å². The van der Waals surface area contributed by atoms with Crippen molar-refractivity contribution in [2.24, 2.45) is 0 Å². The molecule has 0 N–H and O–H groups in total. The number of aromatic nitrogens is 4. The summed E-state index contributed by atoms with van der Waals surface area (Å²) in [4.78, 5) is 21.5. The van der Waals surface area contributed by atoms with Crippen LogP contribution in [0.15, 0.2) is 4.52 Å². The molecule has 2 aliphatic rings. The van der Waals surface area contributed by atoms with E-state index in [4.69, 9.17) is 24.0 Å². The van der Waals surface area contributed by atoms with Crippen LogP contribution in [0.5, 0.6) is 0 Å². The molecule has 2 unspecified atom stereocenters. The third-order valence-electron chi connectivity index (χ3n) is 6.22. The first kappa shape index (κ1) is 20.7. The third-order valence-corrected chi connectivity index (χ3v) is 7.32. The predicted octanol–water partition coefficient (Wildman–Crippen LogP) is 2.80. The van der Waals surface area contributed by atoms with E-state index < -0.39 is 0 Å². The second-order valence-electron chi connectivity index (χ2n) is 8.26. The van der Waals surface area contributed by atoms with Crippen molar-refractivity contribution in [2.45, 2.75) is 45.9 Å². The molecule has 5 rings (SSSR count). The van der Waals surface area contributed by atoms with Gasteiger partial charge in [0.1, 0.15) is 22.5 Å². The number of ether oxygens (including phenoxy) is 2. The van der Waals surface area contributed by atoms with Crippen LogP contribution in [0, 0.1) is 20.8 Å². The first-order valence-corrected chi connectivity index (χ1v) is 11.5. The first-order valence-electron chi connectivity index (χ1n) is 10.7. The molecule has 0 bridgehead atoms. The number of nitrogens with zero attached hydrogens (tertiary/aromatic N) is 6. The number of morpholine rings is 1. The standard InChI is InChI=1S/C21H28N6O3S/c1-12-13(2)31-21-18(12)19(23-17(24-21)11-26-5-7-29-8-6-26)27-10-15(28-4)9-16(27)20-22-14(3)25-30-20/h15-16H,5-11H2,1-4H3. The summed E-state index contributed by atoms with van der Waals surface area (Å²) >= 11 is 1.73. The van der Waals surface area contributed by atoms with Gasteiger partial charge in [-0.3, -0.25) is 4.90 Å². The lowest BCUT2D eigenvalue weighted by molar-refractivity contribution is 0.0331. The summed E-state index contributed by atoms with van der Waals surface area (Å²) in [6, 6.07) is -0.0694. The highest BCUT2D eigenvalue weighted by atomic mass is 32.1. The van der Waals surface area contributed by atoms with Gasteiger partial charge in [-0.15, -0.1) is 11.3 Å². The zero-order valence-corrected chi connectivity index (χ0v) is 19.2. The molecule has 0 radical (unpaired) electrons. The van der Waals surface area contributed by atoms with E-state index in [2.05, 4.69) is 33.8 Å². The van der Waals surface area contributed by atoms with E-state index in [9.17, 15) is 0 Å². The quantitative estimate of drug-likeness (QED) is 0.589. The maximum Gasteiger partial charge on any atom is 0.249 e. The Morgan fingerprint density at radius 2 is 1.94 bits per heavy atom. The van der Waals surface area contributed by atoms with Crippen molar-refractivity contribution in [1.82, 2.24) is 25.0 Å². The van der Waals surface area contributed by atoms with E-state index >= 15 is 0 Å². The molecule has 166 valence electrons. The summed E-state index contributed by atoms with van der Waals surface area (Å²) in [5, 5.41) is 5.13. The monoisotopic (exact) mass is 444 g/mol. The minimum absolute atomic E-state index is 0.0694. The Morgan fingerprint density at radius 3 is 2.65 bits per heavy atom. The van der Waals surface area contributed by atoms with Gasteiger partial charge in [0, 0.05) is 38.0 Å². The van der Waals surface area contributed by atoms with Crippen molar-refractivity contribution < 1.29 is 14.0 Å². The zero-order valence-electron chi connectivity index (χ0n) is 18.4. The number of fused-ring (bicyclic) bond motifs is 1. The summed E-state index contributed by atoms with van der Waals surface area (Å²) < 4.78 is 16.8. The maximum atomic E-state index is 5.73. The highest BCUT2D eigenvalue weighted by Crippen LogP contribution is 2.42. The highest BCUT2D eigenvalue weighted by molar-refractivity contribution is 7.18. The molecular formula is C21H28N6O3S. The summed E-state index contributed by atoms with van der Waals surface area (Å²) in [5.41, 5.74) is 1.23. The largest absolute Gasteiger partial charge is 0.380 e. The second-order valence-corrected chi connectivity index (χ2v) is 9.46. The maximum absolute atomic E-state index is 5.73. The summed E-state index contributed by atoms with van der Waals surface area (Å²) in [7, 11) is 1.75. The van der Waals surface area contributed by atoms with Gasteiger partial charge in [0.25, 0.3) is 0 Å². The van der Waals surface area contributed by atoms with E-state index in [1.54, 1.807) is 18.4 Å². The number of hydrogen-bond donors (Lipinski definition) is 0. The van der Waals surface area contributed by atoms with Crippen molar-refractivity contribution in [3.05, 3.63) is 28.0 Å².